The first-order valence-corrected chi connectivity index (χ1v) is 15.8. The first-order chi connectivity index (χ1) is 22.9. The lowest BCUT2D eigenvalue weighted by atomic mass is 9.88. The van der Waals surface area contributed by atoms with Crippen LogP contribution in [-0.4, -0.2) is 46.7 Å². The van der Waals surface area contributed by atoms with Gasteiger partial charge >= 0.3 is 5.76 Å². The van der Waals surface area contributed by atoms with Crippen LogP contribution in [0.25, 0.3) is 33.7 Å². The van der Waals surface area contributed by atoms with Crippen LogP contribution in [0.4, 0.5) is 10.2 Å². The van der Waals surface area contributed by atoms with Crippen molar-refractivity contribution < 1.29 is 22.8 Å². The smallest absolute Gasteiger partial charge is 0.420 e. The van der Waals surface area contributed by atoms with Crippen LogP contribution in [0.5, 0.6) is 0 Å². The minimum atomic E-state index is -0.656. The Morgan fingerprint density at radius 3 is 2.64 bits per heavy atom. The molecule has 2 aliphatic heterocycles. The Hall–Kier alpha value is -5.28. The molecule has 2 aliphatic rings. The molecule has 3 aromatic heterocycles. The molecule has 0 unspecified atom stereocenters. The lowest BCUT2D eigenvalue weighted by Crippen LogP contribution is -2.31. The number of aromatic nitrogens is 3. The molecule has 0 atom stereocenters. The van der Waals surface area contributed by atoms with Crippen LogP contribution in [0.2, 0.25) is 0 Å². The van der Waals surface area contributed by atoms with E-state index in [2.05, 4.69) is 15.6 Å². The number of hydrogen-bond acceptors (Lipinski definition) is 9. The van der Waals surface area contributed by atoms with Crippen molar-refractivity contribution >= 4 is 22.8 Å². The molecular weight excluding hydrogens is 603 g/mol. The molecule has 240 valence electrons. The SMILES string of the molecule is Cc1cnc(-c2c(CCC3CCOCC3)nc3c(c2-c2ccc4c(c2)oc(=O)n4Cc2ccc(C#N)c(F)c2)C(=O)NCCCN3)o1. The molecule has 0 saturated carbocycles. The van der Waals surface area contributed by atoms with E-state index in [4.69, 9.17) is 23.8 Å². The van der Waals surface area contributed by atoms with E-state index < -0.39 is 11.6 Å². The quantitative estimate of drug-likeness (QED) is 0.233. The summed E-state index contributed by atoms with van der Waals surface area (Å²) < 4.78 is 33.1. The second-order valence-electron chi connectivity index (χ2n) is 12.0. The second kappa shape index (κ2) is 12.8. The van der Waals surface area contributed by atoms with Crippen LogP contribution in [0, 0.1) is 30.0 Å². The monoisotopic (exact) mass is 636 g/mol. The van der Waals surface area contributed by atoms with E-state index in [0.29, 0.717) is 81.8 Å². The van der Waals surface area contributed by atoms with Crippen molar-refractivity contribution in [2.24, 2.45) is 5.92 Å². The fourth-order valence-corrected chi connectivity index (χ4v) is 6.42. The Balaban J connectivity index is 1.39. The average molecular weight is 637 g/mol. The predicted octanol–water partition coefficient (Wildman–Crippen LogP) is 5.58. The number of rotatable bonds is 7. The largest absolute Gasteiger partial charge is 0.441 e. The molecule has 5 heterocycles. The van der Waals surface area contributed by atoms with Crippen LogP contribution in [0.1, 0.15) is 58.6 Å². The zero-order valence-corrected chi connectivity index (χ0v) is 25.9. The molecule has 0 spiro atoms. The average Bonchev–Trinajstić information content (AvgIpc) is 3.63. The topological polar surface area (TPSA) is 148 Å². The molecule has 47 heavy (non-hydrogen) atoms. The summed E-state index contributed by atoms with van der Waals surface area (Å²) in [5, 5.41) is 15.5. The van der Waals surface area contributed by atoms with Gasteiger partial charge in [0.2, 0.25) is 5.89 Å². The van der Waals surface area contributed by atoms with E-state index in [1.54, 1.807) is 30.5 Å². The van der Waals surface area contributed by atoms with E-state index in [0.717, 1.165) is 44.6 Å². The molecular formula is C35H33FN6O5. The summed E-state index contributed by atoms with van der Waals surface area (Å²) >= 11 is 0. The van der Waals surface area contributed by atoms with Gasteiger partial charge in [-0.15, -0.1) is 0 Å². The summed E-state index contributed by atoms with van der Waals surface area (Å²) in [5.41, 5.74) is 4.17. The molecule has 0 radical (unpaired) electrons. The van der Waals surface area contributed by atoms with Crippen molar-refractivity contribution in [1.29, 1.82) is 5.26 Å². The van der Waals surface area contributed by atoms with Gasteiger partial charge in [-0.3, -0.25) is 9.36 Å². The maximum Gasteiger partial charge on any atom is 0.420 e. The summed E-state index contributed by atoms with van der Waals surface area (Å²) in [5.74, 6) is 0.384. The van der Waals surface area contributed by atoms with Crippen molar-refractivity contribution in [2.45, 2.75) is 45.6 Å². The molecule has 0 aliphatic carbocycles. The van der Waals surface area contributed by atoms with Gasteiger partial charge in [-0.2, -0.15) is 5.26 Å². The fraction of sp³-hybridized carbons (Fsp3) is 0.343. The van der Waals surface area contributed by atoms with Crippen molar-refractivity contribution in [1.82, 2.24) is 19.9 Å². The number of hydrogen-bond donors (Lipinski definition) is 2. The maximum atomic E-state index is 14.3. The number of oxazole rings is 2. The lowest BCUT2D eigenvalue weighted by Gasteiger charge is -2.24. The number of fused-ring (bicyclic) bond motifs is 2. The van der Waals surface area contributed by atoms with Crippen LogP contribution >= 0.6 is 0 Å². The highest BCUT2D eigenvalue weighted by atomic mass is 19.1. The van der Waals surface area contributed by atoms with E-state index in [1.165, 1.54) is 16.7 Å². The van der Waals surface area contributed by atoms with Gasteiger partial charge in [0, 0.05) is 31.9 Å². The Morgan fingerprint density at radius 2 is 1.87 bits per heavy atom. The number of benzene rings is 2. The zero-order valence-electron chi connectivity index (χ0n) is 25.9. The molecule has 1 saturated heterocycles. The molecule has 1 amide bonds. The van der Waals surface area contributed by atoms with E-state index in [9.17, 15) is 14.0 Å². The van der Waals surface area contributed by atoms with E-state index in [1.807, 2.05) is 13.0 Å². The molecule has 0 bridgehead atoms. The molecule has 5 aromatic rings. The van der Waals surface area contributed by atoms with Crippen molar-refractivity contribution in [3.8, 4) is 28.7 Å². The number of aryl methyl sites for hydroxylation is 2. The zero-order chi connectivity index (χ0) is 32.5. The van der Waals surface area contributed by atoms with Crippen LogP contribution in [-0.2, 0) is 17.7 Å². The Kier molecular flexibility index (Phi) is 8.30. The summed E-state index contributed by atoms with van der Waals surface area (Å²) in [6.45, 7) is 4.47. The maximum absolute atomic E-state index is 14.3. The van der Waals surface area contributed by atoms with Crippen molar-refractivity contribution in [3.63, 3.8) is 0 Å². The van der Waals surface area contributed by atoms with Crippen LogP contribution in [0.3, 0.4) is 0 Å². The number of nitriles is 1. The lowest BCUT2D eigenvalue weighted by molar-refractivity contribution is 0.0639. The molecule has 2 N–H and O–H groups in total. The first kappa shape index (κ1) is 30.4. The summed E-state index contributed by atoms with van der Waals surface area (Å²) in [6.07, 6.45) is 5.88. The molecule has 11 nitrogen and oxygen atoms in total. The minimum Gasteiger partial charge on any atom is -0.441 e. The predicted molar refractivity (Wildman–Crippen MR) is 171 cm³/mol. The third-order valence-corrected chi connectivity index (χ3v) is 8.85. The molecule has 7 rings (SSSR count). The van der Waals surface area contributed by atoms with Gasteiger partial charge in [0.05, 0.1) is 40.6 Å². The van der Waals surface area contributed by atoms with Crippen molar-refractivity contribution in [2.75, 3.05) is 31.6 Å². The summed E-state index contributed by atoms with van der Waals surface area (Å²) in [4.78, 5) is 36.5. The van der Waals surface area contributed by atoms with Gasteiger partial charge in [0.25, 0.3) is 5.91 Å². The third-order valence-electron chi connectivity index (χ3n) is 8.85. The third kappa shape index (κ3) is 6.02. The van der Waals surface area contributed by atoms with Gasteiger partial charge in [-0.05, 0) is 80.3 Å². The normalized spacial score (nSPS) is 15.4. The number of pyridine rings is 1. The molecule has 2 aromatic carbocycles. The van der Waals surface area contributed by atoms with E-state index >= 15 is 0 Å². The van der Waals surface area contributed by atoms with Gasteiger partial charge in [0.15, 0.2) is 5.58 Å². The number of nitrogens with one attached hydrogen (secondary N) is 2. The Morgan fingerprint density at radius 1 is 1.04 bits per heavy atom. The van der Waals surface area contributed by atoms with Crippen LogP contribution < -0.4 is 16.4 Å². The van der Waals surface area contributed by atoms with E-state index in [-0.39, 0.29) is 18.0 Å². The Bertz CT molecular complexity index is 2080. The minimum absolute atomic E-state index is 0.0436. The fourth-order valence-electron chi connectivity index (χ4n) is 6.42. The number of nitrogens with zero attached hydrogens (tertiary/aromatic N) is 4. The van der Waals surface area contributed by atoms with Crippen LogP contribution in [0.15, 0.2) is 56.2 Å². The highest BCUT2D eigenvalue weighted by Gasteiger charge is 2.30. The molecule has 1 fully saturated rings. The number of ether oxygens (including phenoxy) is 1. The van der Waals surface area contributed by atoms with Gasteiger partial charge < -0.3 is 24.2 Å². The standard InChI is InChI=1S/C35H33FN6O5/c1-20-18-40-34(46-20)30-26(7-4-21-9-13-45-14-10-21)41-32-31(33(43)39-12-2-11-38-32)29(30)23-6-8-27-28(16-23)47-35(44)42(27)19-22-3-5-24(17-37)25(36)15-22/h3,5-6,8,15-16,18,21H,2,4,7,9-14,19H2,1H3,(H,38,41)(H,39,43). The number of carbonyl (C=O) groups excluding carboxylic acids is 1. The van der Waals surface area contributed by atoms with Gasteiger partial charge in [-0.25, -0.2) is 19.2 Å². The number of amides is 1. The first-order valence-electron chi connectivity index (χ1n) is 15.8. The molecule has 12 heteroatoms. The summed E-state index contributed by atoms with van der Waals surface area (Å²) in [6, 6.07) is 11.4. The number of halogens is 1. The van der Waals surface area contributed by atoms with Gasteiger partial charge in [0.1, 0.15) is 23.5 Å². The van der Waals surface area contributed by atoms with Gasteiger partial charge in [-0.1, -0.05) is 12.1 Å². The highest BCUT2D eigenvalue weighted by Crippen LogP contribution is 2.42. The second-order valence-corrected chi connectivity index (χ2v) is 12.0. The van der Waals surface area contributed by atoms with Crippen molar-refractivity contribution in [3.05, 3.63) is 87.1 Å². The number of carbonyl (C=O) groups is 1. The highest BCUT2D eigenvalue weighted by molar-refractivity contribution is 6.09. The summed E-state index contributed by atoms with van der Waals surface area (Å²) in [7, 11) is 0. The number of anilines is 1. The Labute approximate surface area is 269 Å².